The second-order valence-corrected chi connectivity index (χ2v) is 6.27. The largest absolute Gasteiger partial charge is 0.252 e. The second kappa shape index (κ2) is 4.82. The van der Waals surface area contributed by atoms with Gasteiger partial charge in [0.05, 0.1) is 16.2 Å². The fourth-order valence-electron chi connectivity index (χ4n) is 1.73. The highest BCUT2D eigenvalue weighted by Crippen LogP contribution is 2.23. The smallest absolute Gasteiger partial charge is 0.175 e. The maximum absolute atomic E-state index is 11.4. The third kappa shape index (κ3) is 2.80. The lowest BCUT2D eigenvalue weighted by atomic mass is 10.1. The average molecular weight is 272 g/mol. The zero-order valence-corrected chi connectivity index (χ0v) is 11.4. The lowest BCUT2D eigenvalue weighted by Gasteiger charge is -2.05. The maximum Gasteiger partial charge on any atom is 0.175 e. The topological polar surface area (TPSA) is 70.8 Å². The van der Waals surface area contributed by atoms with Crippen molar-refractivity contribution in [2.75, 3.05) is 6.26 Å². The summed E-state index contributed by atoms with van der Waals surface area (Å²) < 4.78 is 22.8. The van der Waals surface area contributed by atoms with Crippen LogP contribution in [0.15, 0.2) is 41.3 Å². The number of benzene rings is 1. The summed E-state index contributed by atoms with van der Waals surface area (Å²) in [5.41, 5.74) is 2.58. The van der Waals surface area contributed by atoms with E-state index in [0.717, 1.165) is 17.5 Å². The molecular weight excluding hydrogens is 260 g/mol. The fraction of sp³-hybridized carbons (Fsp3) is 0.143. The standard InChI is InChI=1S/C14H12N2O2S/c1-10-3-4-12(9-15)14(16-10)11-5-7-13(8-6-11)19(2,17)18/h3-8H,1-2H3. The first-order valence-corrected chi connectivity index (χ1v) is 7.49. The van der Waals surface area contributed by atoms with Crippen LogP contribution in [0.25, 0.3) is 11.3 Å². The highest BCUT2D eigenvalue weighted by atomic mass is 32.2. The summed E-state index contributed by atoms with van der Waals surface area (Å²) in [6.07, 6.45) is 1.16. The van der Waals surface area contributed by atoms with Crippen LogP contribution >= 0.6 is 0 Å². The van der Waals surface area contributed by atoms with Gasteiger partial charge in [-0.25, -0.2) is 8.42 Å². The number of hydrogen-bond acceptors (Lipinski definition) is 4. The Bertz CT molecular complexity index is 757. The van der Waals surface area contributed by atoms with Crippen molar-refractivity contribution in [1.29, 1.82) is 5.26 Å². The lowest BCUT2D eigenvalue weighted by molar-refractivity contribution is 0.602. The van der Waals surface area contributed by atoms with Crippen LogP contribution in [0.4, 0.5) is 0 Å². The van der Waals surface area contributed by atoms with Gasteiger partial charge in [-0.3, -0.25) is 4.98 Å². The molecule has 96 valence electrons. The van der Waals surface area contributed by atoms with Gasteiger partial charge in [-0.05, 0) is 31.2 Å². The molecule has 0 saturated heterocycles. The second-order valence-electron chi connectivity index (χ2n) is 4.26. The average Bonchev–Trinajstić information content (AvgIpc) is 2.38. The molecule has 0 amide bonds. The Morgan fingerprint density at radius 2 is 1.74 bits per heavy atom. The summed E-state index contributed by atoms with van der Waals surface area (Å²) in [6.45, 7) is 1.84. The summed E-state index contributed by atoms with van der Waals surface area (Å²) >= 11 is 0. The highest BCUT2D eigenvalue weighted by Gasteiger charge is 2.10. The number of hydrogen-bond donors (Lipinski definition) is 0. The van der Waals surface area contributed by atoms with Gasteiger partial charge in [-0.1, -0.05) is 12.1 Å². The van der Waals surface area contributed by atoms with Gasteiger partial charge < -0.3 is 0 Å². The minimum atomic E-state index is -3.21. The number of pyridine rings is 1. The van der Waals surface area contributed by atoms with Crippen LogP contribution in [0, 0.1) is 18.3 Å². The van der Waals surface area contributed by atoms with Crippen molar-refractivity contribution in [3.05, 3.63) is 47.7 Å². The van der Waals surface area contributed by atoms with Gasteiger partial charge in [-0.2, -0.15) is 5.26 Å². The summed E-state index contributed by atoms with van der Waals surface area (Å²) in [7, 11) is -3.21. The van der Waals surface area contributed by atoms with Gasteiger partial charge in [-0.15, -0.1) is 0 Å². The molecule has 0 N–H and O–H groups in total. The molecule has 0 spiro atoms. The zero-order valence-electron chi connectivity index (χ0n) is 10.6. The molecule has 2 aromatic rings. The van der Waals surface area contributed by atoms with E-state index in [2.05, 4.69) is 11.1 Å². The SMILES string of the molecule is Cc1ccc(C#N)c(-c2ccc(S(C)(=O)=O)cc2)n1. The van der Waals surface area contributed by atoms with Crippen LogP contribution in [0.2, 0.25) is 0 Å². The van der Waals surface area contributed by atoms with E-state index in [9.17, 15) is 8.42 Å². The fourth-order valence-corrected chi connectivity index (χ4v) is 2.36. The minimum Gasteiger partial charge on any atom is -0.252 e. The molecule has 19 heavy (non-hydrogen) atoms. The number of nitrogens with zero attached hydrogens (tertiary/aromatic N) is 2. The number of aromatic nitrogens is 1. The quantitative estimate of drug-likeness (QED) is 0.841. The molecule has 0 atom stereocenters. The number of rotatable bonds is 2. The zero-order chi connectivity index (χ0) is 14.0. The highest BCUT2D eigenvalue weighted by molar-refractivity contribution is 7.90. The predicted molar refractivity (Wildman–Crippen MR) is 72.2 cm³/mol. The van der Waals surface area contributed by atoms with Gasteiger partial charge in [0, 0.05) is 17.5 Å². The first-order valence-electron chi connectivity index (χ1n) is 5.60. The van der Waals surface area contributed by atoms with Crippen molar-refractivity contribution >= 4 is 9.84 Å². The Balaban J connectivity index is 2.55. The number of sulfone groups is 1. The summed E-state index contributed by atoms with van der Waals surface area (Å²) in [5, 5.41) is 9.07. The number of aryl methyl sites for hydroxylation is 1. The molecular formula is C14H12N2O2S. The van der Waals surface area contributed by atoms with Crippen LogP contribution in [-0.2, 0) is 9.84 Å². The van der Waals surface area contributed by atoms with E-state index in [1.54, 1.807) is 24.3 Å². The van der Waals surface area contributed by atoms with Crippen molar-refractivity contribution in [2.24, 2.45) is 0 Å². The van der Waals surface area contributed by atoms with E-state index < -0.39 is 9.84 Å². The van der Waals surface area contributed by atoms with Crippen molar-refractivity contribution in [2.45, 2.75) is 11.8 Å². The molecule has 0 unspecified atom stereocenters. The molecule has 5 heteroatoms. The van der Waals surface area contributed by atoms with Gasteiger partial charge in [0.1, 0.15) is 6.07 Å². The lowest BCUT2D eigenvalue weighted by Crippen LogP contribution is -1.97. The molecule has 0 saturated carbocycles. The molecule has 0 aliphatic heterocycles. The van der Waals surface area contributed by atoms with Crippen LogP contribution in [-0.4, -0.2) is 19.7 Å². The van der Waals surface area contributed by atoms with E-state index in [0.29, 0.717) is 11.3 Å². The Labute approximate surface area is 112 Å². The van der Waals surface area contributed by atoms with Crippen LogP contribution < -0.4 is 0 Å². The molecule has 4 nitrogen and oxygen atoms in total. The molecule has 1 aromatic heterocycles. The van der Waals surface area contributed by atoms with E-state index in [-0.39, 0.29) is 4.90 Å². The number of nitriles is 1. The monoisotopic (exact) mass is 272 g/mol. The molecule has 0 aliphatic carbocycles. The molecule has 0 radical (unpaired) electrons. The van der Waals surface area contributed by atoms with E-state index >= 15 is 0 Å². The minimum absolute atomic E-state index is 0.252. The van der Waals surface area contributed by atoms with E-state index in [4.69, 9.17) is 5.26 Å². The van der Waals surface area contributed by atoms with Crippen molar-refractivity contribution in [3.63, 3.8) is 0 Å². The van der Waals surface area contributed by atoms with Crippen LogP contribution in [0.5, 0.6) is 0 Å². The maximum atomic E-state index is 11.4. The van der Waals surface area contributed by atoms with Gasteiger partial charge in [0.2, 0.25) is 0 Å². The van der Waals surface area contributed by atoms with Gasteiger partial charge in [0.25, 0.3) is 0 Å². The first-order chi connectivity index (χ1) is 8.91. The van der Waals surface area contributed by atoms with Crippen LogP contribution in [0.1, 0.15) is 11.3 Å². The molecule has 1 aromatic carbocycles. The Morgan fingerprint density at radius 1 is 1.11 bits per heavy atom. The molecule has 1 heterocycles. The summed E-state index contributed by atoms with van der Waals surface area (Å²) in [6, 6.07) is 11.9. The van der Waals surface area contributed by atoms with Crippen molar-refractivity contribution < 1.29 is 8.42 Å². The Kier molecular flexibility index (Phi) is 3.36. The third-order valence-electron chi connectivity index (χ3n) is 2.71. The summed E-state index contributed by atoms with van der Waals surface area (Å²) in [5.74, 6) is 0. The molecule has 0 bridgehead atoms. The predicted octanol–water partition coefficient (Wildman–Crippen LogP) is 2.33. The molecule has 0 fully saturated rings. The van der Waals surface area contributed by atoms with Crippen molar-refractivity contribution in [1.82, 2.24) is 4.98 Å². The van der Waals surface area contributed by atoms with E-state index in [1.165, 1.54) is 12.1 Å². The molecule has 0 aliphatic rings. The first kappa shape index (κ1) is 13.2. The Hall–Kier alpha value is -2.19. The Morgan fingerprint density at radius 3 is 2.26 bits per heavy atom. The van der Waals surface area contributed by atoms with Gasteiger partial charge >= 0.3 is 0 Å². The normalized spacial score (nSPS) is 11.0. The summed E-state index contributed by atoms with van der Waals surface area (Å²) in [4.78, 5) is 4.59. The molecule has 2 rings (SSSR count). The van der Waals surface area contributed by atoms with Crippen LogP contribution in [0.3, 0.4) is 0 Å². The third-order valence-corrected chi connectivity index (χ3v) is 3.84. The van der Waals surface area contributed by atoms with E-state index in [1.807, 2.05) is 6.92 Å². The van der Waals surface area contributed by atoms with Crippen molar-refractivity contribution in [3.8, 4) is 17.3 Å². The van der Waals surface area contributed by atoms with Gasteiger partial charge in [0.15, 0.2) is 9.84 Å².